The Kier molecular flexibility index (Phi) is 3.98. The summed E-state index contributed by atoms with van der Waals surface area (Å²) in [4.78, 5) is 2.23. The Bertz CT molecular complexity index is 126. The number of aliphatic hydroxyl groups is 1. The summed E-state index contributed by atoms with van der Waals surface area (Å²) in [6.45, 7) is 1.18. The van der Waals surface area contributed by atoms with Gasteiger partial charge < -0.3 is 14.7 Å². The Morgan fingerprint density at radius 2 is 2.25 bits per heavy atom. The van der Waals surface area contributed by atoms with Gasteiger partial charge in [0.05, 0.1) is 12.7 Å². The fraction of sp³-hybridized carbons (Fsp3) is 1.00. The highest BCUT2D eigenvalue weighted by Crippen LogP contribution is 2.23. The van der Waals surface area contributed by atoms with Gasteiger partial charge in [0, 0.05) is 19.7 Å². The van der Waals surface area contributed by atoms with Crippen molar-refractivity contribution in [3.8, 4) is 0 Å². The van der Waals surface area contributed by atoms with E-state index in [4.69, 9.17) is 4.74 Å². The van der Waals surface area contributed by atoms with E-state index in [0.717, 1.165) is 6.54 Å². The second-order valence-electron chi connectivity index (χ2n) is 3.63. The van der Waals surface area contributed by atoms with E-state index in [1.54, 1.807) is 7.11 Å². The van der Waals surface area contributed by atoms with Gasteiger partial charge in [0.25, 0.3) is 0 Å². The lowest BCUT2D eigenvalue weighted by atomic mass is 9.92. The number of nitrogens with zero attached hydrogens (tertiary/aromatic N) is 1. The summed E-state index contributed by atoms with van der Waals surface area (Å²) in [5, 5.41) is 9.42. The molecule has 1 unspecified atom stereocenters. The first-order chi connectivity index (χ1) is 5.74. The van der Waals surface area contributed by atoms with Gasteiger partial charge in [0.1, 0.15) is 0 Å². The summed E-state index contributed by atoms with van der Waals surface area (Å²) >= 11 is 0. The third-order valence-corrected chi connectivity index (χ3v) is 2.56. The Morgan fingerprint density at radius 3 is 2.67 bits per heavy atom. The second kappa shape index (κ2) is 4.80. The molecule has 0 saturated heterocycles. The summed E-state index contributed by atoms with van der Waals surface area (Å²) in [5.74, 6) is 0. The van der Waals surface area contributed by atoms with E-state index in [9.17, 15) is 5.11 Å². The molecule has 1 aliphatic carbocycles. The SMILES string of the molecule is COCC(O)CN(C)C1CCC1. The van der Waals surface area contributed by atoms with Crippen LogP contribution in [-0.2, 0) is 4.74 Å². The van der Waals surface area contributed by atoms with Crippen LogP contribution in [0.2, 0.25) is 0 Å². The lowest BCUT2D eigenvalue weighted by molar-refractivity contribution is 0.0241. The molecule has 0 radical (unpaired) electrons. The summed E-state index contributed by atoms with van der Waals surface area (Å²) in [5.41, 5.74) is 0. The first kappa shape index (κ1) is 9.96. The fourth-order valence-corrected chi connectivity index (χ4v) is 1.55. The average molecular weight is 173 g/mol. The molecule has 0 aromatic heterocycles. The van der Waals surface area contributed by atoms with Gasteiger partial charge in [-0.1, -0.05) is 6.42 Å². The molecule has 1 atom stereocenters. The first-order valence-electron chi connectivity index (χ1n) is 4.61. The largest absolute Gasteiger partial charge is 0.389 e. The molecule has 0 heterocycles. The molecule has 1 saturated carbocycles. The highest BCUT2D eigenvalue weighted by atomic mass is 16.5. The molecule has 1 aliphatic rings. The minimum atomic E-state index is -0.333. The van der Waals surface area contributed by atoms with E-state index >= 15 is 0 Å². The molecule has 1 fully saturated rings. The first-order valence-corrected chi connectivity index (χ1v) is 4.61. The van der Waals surface area contributed by atoms with Crippen LogP contribution in [0.5, 0.6) is 0 Å². The molecule has 0 aromatic rings. The number of hydrogen-bond donors (Lipinski definition) is 1. The van der Waals surface area contributed by atoms with Gasteiger partial charge in [-0.15, -0.1) is 0 Å². The van der Waals surface area contributed by atoms with Gasteiger partial charge >= 0.3 is 0 Å². The van der Waals surface area contributed by atoms with Gasteiger partial charge in [0.2, 0.25) is 0 Å². The van der Waals surface area contributed by atoms with Crippen molar-refractivity contribution in [3.05, 3.63) is 0 Å². The normalized spacial score (nSPS) is 21.0. The Labute approximate surface area is 74.3 Å². The molecule has 3 heteroatoms. The smallest absolute Gasteiger partial charge is 0.0900 e. The Hall–Kier alpha value is -0.120. The van der Waals surface area contributed by atoms with Gasteiger partial charge in [-0.3, -0.25) is 0 Å². The minimum Gasteiger partial charge on any atom is -0.389 e. The number of aliphatic hydroxyl groups excluding tert-OH is 1. The predicted octanol–water partition coefficient (Wildman–Crippen LogP) is 0.478. The second-order valence-corrected chi connectivity index (χ2v) is 3.63. The maximum atomic E-state index is 9.42. The van der Waals surface area contributed by atoms with E-state index in [0.29, 0.717) is 12.6 Å². The molecular formula is C9H19NO2. The predicted molar refractivity (Wildman–Crippen MR) is 48.2 cm³/mol. The number of methoxy groups -OCH3 is 1. The minimum absolute atomic E-state index is 0.333. The summed E-state index contributed by atoms with van der Waals surface area (Å²) in [6, 6.07) is 0.705. The number of ether oxygens (including phenoxy) is 1. The number of likely N-dealkylation sites (N-methyl/N-ethyl adjacent to an activating group) is 1. The van der Waals surface area contributed by atoms with Crippen LogP contribution < -0.4 is 0 Å². The Morgan fingerprint density at radius 1 is 1.58 bits per heavy atom. The fourth-order valence-electron chi connectivity index (χ4n) is 1.55. The van der Waals surface area contributed by atoms with Crippen LogP contribution >= 0.6 is 0 Å². The van der Waals surface area contributed by atoms with Crippen molar-refractivity contribution in [2.45, 2.75) is 31.4 Å². The molecule has 1 rings (SSSR count). The van der Waals surface area contributed by atoms with Gasteiger partial charge in [-0.05, 0) is 19.9 Å². The highest BCUT2D eigenvalue weighted by molar-refractivity contribution is 4.79. The van der Waals surface area contributed by atoms with Crippen molar-refractivity contribution >= 4 is 0 Å². The van der Waals surface area contributed by atoms with Crippen molar-refractivity contribution in [3.63, 3.8) is 0 Å². The van der Waals surface area contributed by atoms with E-state index in [1.165, 1.54) is 19.3 Å². The molecule has 0 aliphatic heterocycles. The van der Waals surface area contributed by atoms with Crippen LogP contribution in [0.3, 0.4) is 0 Å². The molecule has 72 valence electrons. The molecule has 12 heavy (non-hydrogen) atoms. The van der Waals surface area contributed by atoms with Crippen molar-refractivity contribution < 1.29 is 9.84 Å². The van der Waals surface area contributed by atoms with Crippen LogP contribution in [-0.4, -0.2) is 49.5 Å². The average Bonchev–Trinajstić information content (AvgIpc) is 1.82. The zero-order valence-corrected chi connectivity index (χ0v) is 7.99. The van der Waals surface area contributed by atoms with E-state index in [2.05, 4.69) is 11.9 Å². The summed E-state index contributed by atoms with van der Waals surface area (Å²) in [7, 11) is 3.69. The van der Waals surface area contributed by atoms with Crippen LogP contribution in [0.1, 0.15) is 19.3 Å². The lowest BCUT2D eigenvalue weighted by Gasteiger charge is -2.35. The van der Waals surface area contributed by atoms with Crippen molar-refractivity contribution in [2.24, 2.45) is 0 Å². The van der Waals surface area contributed by atoms with Crippen molar-refractivity contribution in [1.82, 2.24) is 4.90 Å². The maximum absolute atomic E-state index is 9.42. The molecular weight excluding hydrogens is 154 g/mol. The molecule has 3 nitrogen and oxygen atoms in total. The summed E-state index contributed by atoms with van der Waals surface area (Å²) < 4.78 is 4.86. The monoisotopic (exact) mass is 173 g/mol. The van der Waals surface area contributed by atoms with E-state index in [-0.39, 0.29) is 6.10 Å². The van der Waals surface area contributed by atoms with E-state index < -0.39 is 0 Å². The molecule has 0 aromatic carbocycles. The standard InChI is InChI=1S/C9H19NO2/c1-10(8-4-3-5-8)6-9(11)7-12-2/h8-9,11H,3-7H2,1-2H3. The molecule has 0 amide bonds. The zero-order chi connectivity index (χ0) is 8.97. The maximum Gasteiger partial charge on any atom is 0.0900 e. The van der Waals surface area contributed by atoms with Crippen LogP contribution in [0, 0.1) is 0 Å². The van der Waals surface area contributed by atoms with Gasteiger partial charge in [-0.25, -0.2) is 0 Å². The topological polar surface area (TPSA) is 32.7 Å². The van der Waals surface area contributed by atoms with Gasteiger partial charge in [0.15, 0.2) is 0 Å². The zero-order valence-electron chi connectivity index (χ0n) is 7.99. The number of hydrogen-bond acceptors (Lipinski definition) is 3. The number of rotatable bonds is 5. The molecule has 0 bridgehead atoms. The third-order valence-electron chi connectivity index (χ3n) is 2.56. The van der Waals surface area contributed by atoms with Crippen molar-refractivity contribution in [1.29, 1.82) is 0 Å². The molecule has 1 N–H and O–H groups in total. The van der Waals surface area contributed by atoms with Gasteiger partial charge in [-0.2, -0.15) is 0 Å². The molecule has 0 spiro atoms. The van der Waals surface area contributed by atoms with Crippen molar-refractivity contribution in [2.75, 3.05) is 27.3 Å². The quantitative estimate of drug-likeness (QED) is 0.656. The lowest BCUT2D eigenvalue weighted by Crippen LogP contribution is -2.42. The third kappa shape index (κ3) is 2.73. The highest BCUT2D eigenvalue weighted by Gasteiger charge is 2.23. The Balaban J connectivity index is 2.11. The van der Waals surface area contributed by atoms with Crippen LogP contribution in [0.15, 0.2) is 0 Å². The van der Waals surface area contributed by atoms with Crippen LogP contribution in [0.4, 0.5) is 0 Å². The van der Waals surface area contributed by atoms with Crippen LogP contribution in [0.25, 0.3) is 0 Å². The van der Waals surface area contributed by atoms with E-state index in [1.807, 2.05) is 0 Å². The summed E-state index contributed by atoms with van der Waals surface area (Å²) in [6.07, 6.45) is 3.59.